The number of aromatic nitrogens is 3. The van der Waals surface area contributed by atoms with Gasteiger partial charge in [0.25, 0.3) is 0 Å². The van der Waals surface area contributed by atoms with Gasteiger partial charge in [0.1, 0.15) is 23.7 Å². The molecule has 1 saturated heterocycles. The molecule has 1 aliphatic rings. The Kier molecular flexibility index (Phi) is 3.53. The third-order valence-electron chi connectivity index (χ3n) is 4.03. The van der Waals surface area contributed by atoms with Crippen LogP contribution >= 0.6 is 11.3 Å². The zero-order valence-corrected chi connectivity index (χ0v) is 13.0. The van der Waals surface area contributed by atoms with E-state index in [9.17, 15) is 10.2 Å². The molecule has 0 unspecified atom stereocenters. The molecule has 3 atom stereocenters. The second kappa shape index (κ2) is 5.57. The minimum Gasteiger partial charge on any atom is -0.394 e. The van der Waals surface area contributed by atoms with Gasteiger partial charge >= 0.3 is 0 Å². The molecule has 8 heteroatoms. The summed E-state index contributed by atoms with van der Waals surface area (Å²) in [5, 5.41) is 21.2. The Morgan fingerprint density at radius 2 is 2.35 bits per heavy atom. The van der Waals surface area contributed by atoms with Crippen molar-refractivity contribution in [3.8, 4) is 10.4 Å². The van der Waals surface area contributed by atoms with Crippen molar-refractivity contribution >= 4 is 28.3 Å². The van der Waals surface area contributed by atoms with Gasteiger partial charge in [-0.2, -0.15) is 0 Å². The van der Waals surface area contributed by atoms with E-state index >= 15 is 0 Å². The lowest BCUT2D eigenvalue weighted by Gasteiger charge is -2.14. The second-order valence-corrected chi connectivity index (χ2v) is 6.46. The van der Waals surface area contributed by atoms with Crippen LogP contribution in [0.2, 0.25) is 0 Å². The summed E-state index contributed by atoms with van der Waals surface area (Å²) in [7, 11) is 0. The number of anilines is 1. The molecule has 0 spiro atoms. The van der Waals surface area contributed by atoms with Crippen molar-refractivity contribution < 1.29 is 14.9 Å². The first-order valence-corrected chi connectivity index (χ1v) is 8.16. The summed E-state index contributed by atoms with van der Waals surface area (Å²) in [5.41, 5.74) is 8.25. The van der Waals surface area contributed by atoms with E-state index in [1.165, 1.54) is 0 Å². The average molecular weight is 332 g/mol. The van der Waals surface area contributed by atoms with Crippen molar-refractivity contribution in [2.45, 2.75) is 24.9 Å². The molecule has 23 heavy (non-hydrogen) atoms. The highest BCUT2D eigenvalue weighted by Crippen LogP contribution is 2.35. The fourth-order valence-corrected chi connectivity index (χ4v) is 3.65. The van der Waals surface area contributed by atoms with E-state index in [0.717, 1.165) is 16.0 Å². The Bertz CT molecular complexity index is 833. The molecule has 120 valence electrons. The normalized spacial score (nSPS) is 24.5. The van der Waals surface area contributed by atoms with Crippen molar-refractivity contribution in [2.24, 2.45) is 0 Å². The van der Waals surface area contributed by atoms with Crippen LogP contribution in [0.25, 0.3) is 21.6 Å². The molecule has 1 aliphatic heterocycles. The highest BCUT2D eigenvalue weighted by Gasteiger charge is 2.35. The van der Waals surface area contributed by atoms with Gasteiger partial charge < -0.3 is 20.7 Å². The average Bonchev–Trinajstić information content (AvgIpc) is 3.24. The largest absolute Gasteiger partial charge is 0.394 e. The minimum absolute atomic E-state index is 0.222. The van der Waals surface area contributed by atoms with Gasteiger partial charge in [-0.3, -0.25) is 4.57 Å². The van der Waals surface area contributed by atoms with Gasteiger partial charge in [-0.25, -0.2) is 9.97 Å². The molecule has 0 amide bonds. The fourth-order valence-electron chi connectivity index (χ4n) is 2.91. The van der Waals surface area contributed by atoms with E-state index in [1.54, 1.807) is 22.2 Å². The molecule has 7 nitrogen and oxygen atoms in total. The van der Waals surface area contributed by atoms with Gasteiger partial charge in [0, 0.05) is 16.9 Å². The Morgan fingerprint density at radius 3 is 3.04 bits per heavy atom. The first-order chi connectivity index (χ1) is 11.2. The number of thiophene rings is 1. The van der Waals surface area contributed by atoms with E-state index in [2.05, 4.69) is 9.97 Å². The Balaban J connectivity index is 1.81. The van der Waals surface area contributed by atoms with Gasteiger partial charge in [-0.05, 0) is 17.5 Å². The van der Waals surface area contributed by atoms with Crippen LogP contribution in [0.15, 0.2) is 29.9 Å². The first kappa shape index (κ1) is 14.6. The molecule has 0 bridgehead atoms. The van der Waals surface area contributed by atoms with Crippen molar-refractivity contribution in [3.63, 3.8) is 0 Å². The zero-order chi connectivity index (χ0) is 16.0. The lowest BCUT2D eigenvalue weighted by Crippen LogP contribution is -2.24. The number of ether oxygens (including phenoxy) is 1. The molecular weight excluding hydrogens is 316 g/mol. The predicted molar refractivity (Wildman–Crippen MR) is 86.9 cm³/mol. The lowest BCUT2D eigenvalue weighted by atomic mass is 10.2. The number of aliphatic hydroxyl groups is 2. The highest BCUT2D eigenvalue weighted by atomic mass is 32.1. The molecule has 3 aromatic heterocycles. The van der Waals surface area contributed by atoms with E-state index in [4.69, 9.17) is 10.5 Å². The first-order valence-electron chi connectivity index (χ1n) is 7.28. The van der Waals surface area contributed by atoms with Gasteiger partial charge in [0.15, 0.2) is 5.65 Å². The van der Waals surface area contributed by atoms with Crippen molar-refractivity contribution in [1.82, 2.24) is 14.5 Å². The monoisotopic (exact) mass is 332 g/mol. The SMILES string of the molecule is Nc1cc(-c2cccs2)c2ncn([C@H]3C[C@H](O)[C@@H](CO)O3)c2n1. The Morgan fingerprint density at radius 1 is 1.48 bits per heavy atom. The number of aliphatic hydroxyl groups excluding tert-OH is 2. The van der Waals surface area contributed by atoms with Crippen LogP contribution in [0.4, 0.5) is 5.82 Å². The molecule has 0 aliphatic carbocycles. The van der Waals surface area contributed by atoms with E-state index in [0.29, 0.717) is 17.9 Å². The van der Waals surface area contributed by atoms with Crippen LogP contribution < -0.4 is 5.73 Å². The standard InChI is InChI=1S/C15H16N4O3S/c16-12-4-8(11-2-1-3-23-11)14-15(18-12)19(7-17-14)13-5-9(21)10(6-20)22-13/h1-4,7,9-10,13,20-21H,5-6H2,(H2,16,18)/t9-,10+,13+/m0/s1. The van der Waals surface area contributed by atoms with Crippen LogP contribution in [0, 0.1) is 0 Å². The maximum atomic E-state index is 9.93. The quantitative estimate of drug-likeness (QED) is 0.669. The Labute approximate surface area is 136 Å². The molecule has 3 aromatic rings. The van der Waals surface area contributed by atoms with Gasteiger partial charge in [-0.15, -0.1) is 11.3 Å². The summed E-state index contributed by atoms with van der Waals surface area (Å²) in [6, 6.07) is 5.80. The van der Waals surface area contributed by atoms with E-state index in [-0.39, 0.29) is 6.61 Å². The molecular formula is C15H16N4O3S. The summed E-state index contributed by atoms with van der Waals surface area (Å²) in [6.07, 6.45) is 0.306. The predicted octanol–water partition coefficient (Wildman–Crippen LogP) is 1.38. The molecule has 0 aromatic carbocycles. The number of imidazole rings is 1. The van der Waals surface area contributed by atoms with Crippen LogP contribution in [0.3, 0.4) is 0 Å². The second-order valence-electron chi connectivity index (χ2n) is 5.51. The number of nitrogens with zero attached hydrogens (tertiary/aromatic N) is 3. The summed E-state index contributed by atoms with van der Waals surface area (Å²) in [6.45, 7) is -0.222. The van der Waals surface area contributed by atoms with Gasteiger partial charge in [-0.1, -0.05) is 6.07 Å². The van der Waals surface area contributed by atoms with Crippen molar-refractivity contribution in [1.29, 1.82) is 0 Å². The molecule has 0 saturated carbocycles. The molecule has 4 N–H and O–H groups in total. The topological polar surface area (TPSA) is 106 Å². The van der Waals surface area contributed by atoms with Crippen LogP contribution in [-0.4, -0.2) is 43.6 Å². The molecule has 0 radical (unpaired) electrons. The summed E-state index contributed by atoms with van der Waals surface area (Å²) in [4.78, 5) is 9.91. The summed E-state index contributed by atoms with van der Waals surface area (Å²) in [5.74, 6) is 0.403. The molecule has 1 fully saturated rings. The highest BCUT2D eigenvalue weighted by molar-refractivity contribution is 7.13. The van der Waals surface area contributed by atoms with Gasteiger partial charge in [0.2, 0.25) is 0 Å². The Hall–Kier alpha value is -2.00. The summed E-state index contributed by atoms with van der Waals surface area (Å²) < 4.78 is 7.46. The number of nitrogen functional groups attached to an aromatic ring is 1. The number of rotatable bonds is 3. The third kappa shape index (κ3) is 2.40. The van der Waals surface area contributed by atoms with Crippen LogP contribution in [0.1, 0.15) is 12.6 Å². The summed E-state index contributed by atoms with van der Waals surface area (Å²) >= 11 is 1.61. The molecule has 4 heterocycles. The molecule has 4 rings (SSSR count). The zero-order valence-electron chi connectivity index (χ0n) is 12.2. The van der Waals surface area contributed by atoms with E-state index in [1.807, 2.05) is 23.6 Å². The third-order valence-corrected chi connectivity index (χ3v) is 4.93. The number of hydrogen-bond acceptors (Lipinski definition) is 7. The number of nitrogens with two attached hydrogens (primary N) is 1. The van der Waals surface area contributed by atoms with Crippen LogP contribution in [0.5, 0.6) is 0 Å². The van der Waals surface area contributed by atoms with Crippen LogP contribution in [-0.2, 0) is 4.74 Å². The van der Waals surface area contributed by atoms with Crippen molar-refractivity contribution in [2.75, 3.05) is 12.3 Å². The van der Waals surface area contributed by atoms with Crippen molar-refractivity contribution in [3.05, 3.63) is 29.9 Å². The number of fused-ring (bicyclic) bond motifs is 1. The number of hydrogen-bond donors (Lipinski definition) is 3. The van der Waals surface area contributed by atoms with E-state index < -0.39 is 18.4 Å². The minimum atomic E-state index is -0.708. The smallest absolute Gasteiger partial charge is 0.164 e. The fraction of sp³-hybridized carbons (Fsp3) is 0.333. The lowest BCUT2D eigenvalue weighted by molar-refractivity contribution is -0.0432. The number of pyridine rings is 1. The van der Waals surface area contributed by atoms with Gasteiger partial charge in [0.05, 0.1) is 19.0 Å². The maximum absolute atomic E-state index is 9.93. The maximum Gasteiger partial charge on any atom is 0.164 e.